The van der Waals surface area contributed by atoms with Gasteiger partial charge in [0.2, 0.25) is 0 Å². The van der Waals surface area contributed by atoms with E-state index in [0.29, 0.717) is 29.2 Å². The van der Waals surface area contributed by atoms with E-state index in [-0.39, 0.29) is 36.7 Å². The average molecular weight is 611 g/mol. The van der Waals surface area contributed by atoms with Crippen LogP contribution in [0.3, 0.4) is 0 Å². The third kappa shape index (κ3) is 4.65. The van der Waals surface area contributed by atoms with E-state index in [4.69, 9.17) is 33.2 Å². The summed E-state index contributed by atoms with van der Waals surface area (Å²) in [6.07, 6.45) is 3.20. The molecule has 0 unspecified atom stereocenters. The van der Waals surface area contributed by atoms with Crippen molar-refractivity contribution in [2.75, 3.05) is 62.9 Å². The van der Waals surface area contributed by atoms with Gasteiger partial charge in [0.1, 0.15) is 18.1 Å². The highest BCUT2D eigenvalue weighted by atomic mass is 16.5. The first-order chi connectivity index (χ1) is 21.1. The second-order valence-corrected chi connectivity index (χ2v) is 11.8. The molecule has 0 amide bonds. The number of methoxy groups -OCH3 is 6. The maximum absolute atomic E-state index is 13.0. The molecule has 240 valence electrons. The standard InChI is InChI=1S/C34H46N2O8/c1-12-17(2)34(37)44-16-24-25-22(29(39-7)19(4)30(40-8)32(25)42-10)14-23-27-26-21(13-20(35(27)5)15-36(23)24)28(38-6)18(3)31(41-9)33(26)43-11/h12,20,23-24,27H,13-16H2,1-11H3/b17-12+/t20-,23-,24-,27+/m0/s1. The third-order valence-corrected chi connectivity index (χ3v) is 9.92. The van der Waals surface area contributed by atoms with Gasteiger partial charge in [0.15, 0.2) is 23.0 Å². The van der Waals surface area contributed by atoms with Gasteiger partial charge in [-0.25, -0.2) is 4.79 Å². The quantitative estimate of drug-likeness (QED) is 0.293. The zero-order chi connectivity index (χ0) is 32.0. The summed E-state index contributed by atoms with van der Waals surface area (Å²) in [5.74, 6) is 3.93. The van der Waals surface area contributed by atoms with Crippen molar-refractivity contribution >= 4 is 5.97 Å². The van der Waals surface area contributed by atoms with Crippen LogP contribution in [0.4, 0.5) is 0 Å². The summed E-state index contributed by atoms with van der Waals surface area (Å²) >= 11 is 0. The molecule has 0 N–H and O–H groups in total. The molecular weight excluding hydrogens is 564 g/mol. The molecule has 0 radical (unpaired) electrons. The van der Waals surface area contributed by atoms with Crippen LogP contribution in [0.15, 0.2) is 11.6 Å². The topological polar surface area (TPSA) is 88.2 Å². The number of esters is 1. The summed E-state index contributed by atoms with van der Waals surface area (Å²) in [4.78, 5) is 17.9. The Morgan fingerprint density at radius 2 is 1.27 bits per heavy atom. The van der Waals surface area contributed by atoms with Crippen molar-refractivity contribution in [1.82, 2.24) is 9.80 Å². The monoisotopic (exact) mass is 610 g/mol. The molecule has 0 spiro atoms. The fraction of sp³-hybridized carbons (Fsp3) is 0.559. The molecular formula is C34H46N2O8. The van der Waals surface area contributed by atoms with Gasteiger partial charge in [-0.3, -0.25) is 9.80 Å². The van der Waals surface area contributed by atoms with E-state index in [1.54, 1.807) is 55.7 Å². The predicted molar refractivity (Wildman–Crippen MR) is 167 cm³/mol. The number of hydrogen-bond acceptors (Lipinski definition) is 10. The Labute approximate surface area is 260 Å². The van der Waals surface area contributed by atoms with E-state index < -0.39 is 0 Å². The SMILES string of the molecule is C/C=C(\C)C(=O)OC[C@H]1c2c(c(OC)c(C)c(OC)c2OC)C[C@H]2[C@@H]3c4c(c(OC)c(C)c(OC)c4OC)C[C@@H](CN12)N3C. The Morgan fingerprint density at radius 1 is 0.773 bits per heavy atom. The number of ether oxygens (including phenoxy) is 7. The number of likely N-dealkylation sites (N-methyl/N-ethyl adjacent to an activating group) is 1. The Hall–Kier alpha value is -3.63. The van der Waals surface area contributed by atoms with Crippen LogP contribution in [-0.2, 0) is 22.4 Å². The molecule has 2 aromatic carbocycles. The molecule has 10 heteroatoms. The van der Waals surface area contributed by atoms with E-state index in [9.17, 15) is 4.79 Å². The molecule has 0 saturated carbocycles. The minimum Gasteiger partial charge on any atom is -0.496 e. The third-order valence-electron chi connectivity index (χ3n) is 9.92. The summed E-state index contributed by atoms with van der Waals surface area (Å²) in [5.41, 5.74) is 6.54. The number of piperazine rings is 1. The molecule has 5 rings (SSSR count). The normalized spacial score (nSPS) is 22.8. The molecule has 4 atom stereocenters. The van der Waals surface area contributed by atoms with Crippen molar-refractivity contribution in [1.29, 1.82) is 0 Å². The fourth-order valence-corrected chi connectivity index (χ4v) is 7.84. The molecule has 0 aliphatic carbocycles. The van der Waals surface area contributed by atoms with E-state index in [0.717, 1.165) is 63.6 Å². The number of nitrogens with zero attached hydrogens (tertiary/aromatic N) is 2. The van der Waals surface area contributed by atoms with Gasteiger partial charge in [0.25, 0.3) is 0 Å². The summed E-state index contributed by atoms with van der Waals surface area (Å²) in [6.45, 7) is 8.50. The van der Waals surface area contributed by atoms with E-state index in [1.807, 2.05) is 20.8 Å². The van der Waals surface area contributed by atoms with Crippen LogP contribution in [0, 0.1) is 13.8 Å². The molecule has 3 aliphatic heterocycles. The molecule has 0 aromatic heterocycles. The Morgan fingerprint density at radius 3 is 1.77 bits per heavy atom. The predicted octanol–water partition coefficient (Wildman–Crippen LogP) is 4.74. The van der Waals surface area contributed by atoms with Crippen molar-refractivity contribution < 1.29 is 38.0 Å². The van der Waals surface area contributed by atoms with Crippen molar-refractivity contribution in [3.8, 4) is 34.5 Å². The molecule has 3 aliphatic rings. The van der Waals surface area contributed by atoms with Crippen LogP contribution < -0.4 is 28.4 Å². The lowest BCUT2D eigenvalue weighted by Gasteiger charge is -2.58. The Bertz CT molecular complexity index is 1490. The van der Waals surface area contributed by atoms with Crippen LogP contribution in [0.25, 0.3) is 0 Å². The largest absolute Gasteiger partial charge is 0.496 e. The lowest BCUT2D eigenvalue weighted by atomic mass is 9.73. The molecule has 1 fully saturated rings. The number of rotatable bonds is 9. The lowest BCUT2D eigenvalue weighted by molar-refractivity contribution is -0.143. The minimum absolute atomic E-state index is 0.0215. The highest BCUT2D eigenvalue weighted by Crippen LogP contribution is 2.58. The van der Waals surface area contributed by atoms with Gasteiger partial charge >= 0.3 is 5.97 Å². The van der Waals surface area contributed by atoms with Crippen molar-refractivity contribution in [3.05, 3.63) is 45.0 Å². The minimum atomic E-state index is -0.340. The lowest BCUT2D eigenvalue weighted by Crippen LogP contribution is -2.64. The Balaban J connectivity index is 1.77. The number of carbonyl (C=O) groups excluding carboxylic acids is 1. The molecule has 44 heavy (non-hydrogen) atoms. The van der Waals surface area contributed by atoms with Crippen LogP contribution >= 0.6 is 0 Å². The van der Waals surface area contributed by atoms with Crippen LogP contribution in [-0.4, -0.2) is 90.7 Å². The van der Waals surface area contributed by atoms with Crippen LogP contribution in [0.5, 0.6) is 34.5 Å². The summed E-state index contributed by atoms with van der Waals surface area (Å²) < 4.78 is 42.1. The maximum Gasteiger partial charge on any atom is 0.333 e. The number of allylic oxidation sites excluding steroid dienone is 1. The highest BCUT2D eigenvalue weighted by molar-refractivity contribution is 5.87. The van der Waals surface area contributed by atoms with E-state index >= 15 is 0 Å². The molecule has 3 heterocycles. The summed E-state index contributed by atoms with van der Waals surface area (Å²) in [6, 6.07) is -0.229. The molecule has 2 bridgehead atoms. The summed E-state index contributed by atoms with van der Waals surface area (Å²) in [5, 5.41) is 0. The van der Waals surface area contributed by atoms with Crippen molar-refractivity contribution in [3.63, 3.8) is 0 Å². The highest BCUT2D eigenvalue weighted by Gasteiger charge is 2.53. The van der Waals surface area contributed by atoms with Gasteiger partial charge < -0.3 is 33.2 Å². The molecule has 10 nitrogen and oxygen atoms in total. The number of fused-ring (bicyclic) bond motifs is 7. The van der Waals surface area contributed by atoms with E-state index in [2.05, 4.69) is 16.8 Å². The van der Waals surface area contributed by atoms with Gasteiger partial charge in [-0.05, 0) is 47.6 Å². The first-order valence-electron chi connectivity index (χ1n) is 15.0. The van der Waals surface area contributed by atoms with Crippen LogP contribution in [0.2, 0.25) is 0 Å². The number of carbonyl (C=O) groups is 1. The van der Waals surface area contributed by atoms with Gasteiger partial charge in [-0.1, -0.05) is 6.08 Å². The first-order valence-corrected chi connectivity index (χ1v) is 15.0. The summed E-state index contributed by atoms with van der Waals surface area (Å²) in [7, 11) is 12.2. The second-order valence-electron chi connectivity index (χ2n) is 11.8. The second kappa shape index (κ2) is 12.4. The number of benzene rings is 2. The van der Waals surface area contributed by atoms with Gasteiger partial charge in [0, 0.05) is 57.6 Å². The van der Waals surface area contributed by atoms with Gasteiger partial charge in [-0.15, -0.1) is 0 Å². The average Bonchev–Trinajstić information content (AvgIpc) is 3.02. The number of hydrogen-bond donors (Lipinski definition) is 0. The zero-order valence-corrected chi connectivity index (χ0v) is 27.9. The maximum atomic E-state index is 13.0. The van der Waals surface area contributed by atoms with Gasteiger partial charge in [0.05, 0.1) is 54.7 Å². The zero-order valence-electron chi connectivity index (χ0n) is 27.9. The smallest absolute Gasteiger partial charge is 0.333 e. The van der Waals surface area contributed by atoms with Crippen molar-refractivity contribution in [2.24, 2.45) is 0 Å². The fourth-order valence-electron chi connectivity index (χ4n) is 7.84. The first kappa shape index (κ1) is 31.8. The van der Waals surface area contributed by atoms with Gasteiger partial charge in [-0.2, -0.15) is 0 Å². The van der Waals surface area contributed by atoms with E-state index in [1.165, 1.54) is 0 Å². The molecule has 1 saturated heterocycles. The van der Waals surface area contributed by atoms with Crippen LogP contribution in [0.1, 0.15) is 59.3 Å². The Kier molecular flexibility index (Phi) is 8.96. The van der Waals surface area contributed by atoms with Crippen molar-refractivity contribution in [2.45, 2.75) is 64.7 Å². The molecule has 2 aromatic rings.